The van der Waals surface area contributed by atoms with Crippen molar-refractivity contribution < 1.29 is 14.4 Å². The van der Waals surface area contributed by atoms with Gasteiger partial charge in [0.15, 0.2) is 0 Å². The summed E-state index contributed by atoms with van der Waals surface area (Å²) in [6, 6.07) is 4.19. The molecule has 0 aliphatic rings. The molecule has 0 heterocycles. The van der Waals surface area contributed by atoms with Gasteiger partial charge in [0.2, 0.25) is 0 Å². The lowest BCUT2D eigenvalue weighted by Crippen LogP contribution is -2.30. The molecule has 0 fully saturated rings. The van der Waals surface area contributed by atoms with Crippen LogP contribution in [0.4, 0.5) is 4.53 Å². The van der Waals surface area contributed by atoms with Crippen LogP contribution in [0.3, 0.4) is 0 Å². The smallest absolute Gasteiger partial charge is 0.421 e. The molecule has 0 bridgehead atoms. The van der Waals surface area contributed by atoms with E-state index in [2.05, 4.69) is 4.86 Å². The number of benzene rings is 1. The Morgan fingerprint density at radius 1 is 1.33 bits per heavy atom. The van der Waals surface area contributed by atoms with Crippen molar-refractivity contribution in [3.63, 3.8) is 0 Å². The van der Waals surface area contributed by atoms with Gasteiger partial charge in [-0.3, -0.25) is 0 Å². The van der Waals surface area contributed by atoms with Gasteiger partial charge in [0.25, 0.3) is 0 Å². The number of hydrogen-bond donors (Lipinski definition) is 1. The third kappa shape index (κ3) is 2.11. The van der Waals surface area contributed by atoms with E-state index in [0.29, 0.717) is 5.02 Å². The van der Waals surface area contributed by atoms with Gasteiger partial charge in [-0.1, -0.05) is 33.8 Å². The fraction of sp³-hybridized carbons (Fsp3) is 0. The van der Waals surface area contributed by atoms with Gasteiger partial charge < -0.3 is 5.02 Å². The fourth-order valence-corrected chi connectivity index (χ4v) is 1.02. The summed E-state index contributed by atoms with van der Waals surface area (Å²) in [6.45, 7) is 0. The zero-order valence-corrected chi connectivity index (χ0v) is 7.31. The molecule has 0 spiro atoms. The maximum absolute atomic E-state index is 11.5. The summed E-state index contributed by atoms with van der Waals surface area (Å²) in [4.78, 5) is 3.18. The highest BCUT2D eigenvalue weighted by Gasteiger charge is 2.17. The SMILES string of the molecule is OB(OF)c1ccc(Cl)c(Cl)c1. The normalized spacial score (nSPS) is 10.0. The molecule has 0 aliphatic heterocycles. The fourth-order valence-electron chi connectivity index (χ4n) is 0.717. The highest BCUT2D eigenvalue weighted by Crippen LogP contribution is 2.19. The van der Waals surface area contributed by atoms with Crippen molar-refractivity contribution in [2.24, 2.45) is 0 Å². The zero-order valence-electron chi connectivity index (χ0n) is 5.80. The summed E-state index contributed by atoms with van der Waals surface area (Å²) in [7, 11) is -1.61. The first kappa shape index (κ1) is 9.80. The molecule has 0 amide bonds. The Bertz CT molecular complexity index is 284. The van der Waals surface area contributed by atoms with Crippen LogP contribution in [0.2, 0.25) is 10.0 Å². The lowest BCUT2D eigenvalue weighted by atomic mass is 9.80. The van der Waals surface area contributed by atoms with Gasteiger partial charge in [-0.2, -0.15) is 0 Å². The lowest BCUT2D eigenvalue weighted by Gasteiger charge is -2.01. The Hall–Kier alpha value is -0.285. The number of halogens is 3. The molecule has 1 aromatic rings. The second-order valence-corrected chi connectivity index (χ2v) is 2.93. The molecule has 0 aliphatic carbocycles. The third-order valence-corrected chi connectivity index (χ3v) is 2.05. The molecule has 0 saturated carbocycles. The quantitative estimate of drug-likeness (QED) is 0.749. The Balaban J connectivity index is 2.96. The molecule has 1 N–H and O–H groups in total. The van der Waals surface area contributed by atoms with Crippen LogP contribution in [0, 0.1) is 0 Å². The Morgan fingerprint density at radius 3 is 2.50 bits per heavy atom. The number of rotatable bonds is 2. The van der Waals surface area contributed by atoms with Crippen LogP contribution in [0.25, 0.3) is 0 Å². The van der Waals surface area contributed by atoms with Gasteiger partial charge in [-0.25, -0.2) is 4.86 Å². The average molecular weight is 209 g/mol. The highest BCUT2D eigenvalue weighted by atomic mass is 35.5. The molecule has 1 rings (SSSR count). The van der Waals surface area contributed by atoms with E-state index in [1.165, 1.54) is 18.2 Å². The van der Waals surface area contributed by atoms with Crippen LogP contribution in [0.1, 0.15) is 0 Å². The average Bonchev–Trinajstić information content (AvgIpc) is 2.08. The third-order valence-electron chi connectivity index (χ3n) is 1.31. The van der Waals surface area contributed by atoms with Crippen molar-refractivity contribution >= 4 is 35.8 Å². The Kier molecular flexibility index (Phi) is 3.34. The van der Waals surface area contributed by atoms with Crippen LogP contribution >= 0.6 is 23.2 Å². The van der Waals surface area contributed by atoms with Crippen LogP contribution in [0.15, 0.2) is 18.2 Å². The lowest BCUT2D eigenvalue weighted by molar-refractivity contribution is -0.0267. The molecule has 64 valence electrons. The topological polar surface area (TPSA) is 29.5 Å². The summed E-state index contributed by atoms with van der Waals surface area (Å²) in [5.41, 5.74) is 0.215. The standard InChI is InChI=1S/C6H4BCl2FO2/c8-5-2-1-4(3-6(5)9)7(11)12-10/h1-3,11H. The maximum atomic E-state index is 11.5. The zero-order chi connectivity index (χ0) is 9.14. The molecule has 1 aromatic carbocycles. The van der Waals surface area contributed by atoms with Crippen molar-refractivity contribution in [3.05, 3.63) is 28.2 Å². The van der Waals surface area contributed by atoms with Crippen molar-refractivity contribution in [2.45, 2.75) is 0 Å². The first-order valence-electron chi connectivity index (χ1n) is 3.05. The molecule has 2 nitrogen and oxygen atoms in total. The summed E-state index contributed by atoms with van der Waals surface area (Å²) < 4.78 is 11.5. The molecule has 6 heteroatoms. The maximum Gasteiger partial charge on any atom is 0.529 e. The van der Waals surface area contributed by atoms with Crippen LogP contribution in [-0.4, -0.2) is 12.1 Å². The van der Waals surface area contributed by atoms with Crippen LogP contribution in [-0.2, 0) is 4.86 Å². The summed E-state index contributed by atoms with van der Waals surface area (Å²) in [6.07, 6.45) is 0. The van der Waals surface area contributed by atoms with Crippen LogP contribution < -0.4 is 5.46 Å². The molecular formula is C6H4BCl2FO2. The predicted octanol–water partition coefficient (Wildman–Crippen LogP) is 1.58. The van der Waals surface area contributed by atoms with Gasteiger partial charge in [0.05, 0.1) is 10.0 Å². The minimum Gasteiger partial charge on any atom is -0.421 e. The molecule has 0 aromatic heterocycles. The van der Waals surface area contributed by atoms with E-state index in [4.69, 9.17) is 28.2 Å². The first-order chi connectivity index (χ1) is 5.65. The van der Waals surface area contributed by atoms with E-state index in [9.17, 15) is 4.53 Å². The summed E-state index contributed by atoms with van der Waals surface area (Å²) >= 11 is 11.2. The Morgan fingerprint density at radius 2 is 2.00 bits per heavy atom. The van der Waals surface area contributed by atoms with E-state index in [1.54, 1.807) is 0 Å². The van der Waals surface area contributed by atoms with Gasteiger partial charge in [0.1, 0.15) is 0 Å². The van der Waals surface area contributed by atoms with E-state index < -0.39 is 7.12 Å². The van der Waals surface area contributed by atoms with Gasteiger partial charge in [0, 0.05) is 0 Å². The highest BCUT2D eigenvalue weighted by molar-refractivity contribution is 6.60. The minimum atomic E-state index is -1.61. The van der Waals surface area contributed by atoms with Crippen molar-refractivity contribution in [2.75, 3.05) is 0 Å². The van der Waals surface area contributed by atoms with Crippen LogP contribution in [0.5, 0.6) is 0 Å². The molecule has 0 radical (unpaired) electrons. The first-order valence-corrected chi connectivity index (χ1v) is 3.81. The largest absolute Gasteiger partial charge is 0.529 e. The predicted molar refractivity (Wildman–Crippen MR) is 46.3 cm³/mol. The second kappa shape index (κ2) is 4.09. The van der Waals surface area contributed by atoms with Crippen molar-refractivity contribution in [1.29, 1.82) is 0 Å². The molecular weight excluding hydrogens is 205 g/mol. The monoisotopic (exact) mass is 208 g/mol. The molecule has 12 heavy (non-hydrogen) atoms. The van der Waals surface area contributed by atoms with Gasteiger partial charge in [-0.05, 0) is 17.6 Å². The minimum absolute atomic E-state index is 0.215. The second-order valence-electron chi connectivity index (χ2n) is 2.11. The van der Waals surface area contributed by atoms with Gasteiger partial charge in [-0.15, -0.1) is 0 Å². The van der Waals surface area contributed by atoms with E-state index in [-0.39, 0.29) is 10.5 Å². The van der Waals surface area contributed by atoms with Crippen molar-refractivity contribution in [1.82, 2.24) is 0 Å². The van der Waals surface area contributed by atoms with Crippen molar-refractivity contribution in [3.8, 4) is 0 Å². The molecule has 0 saturated heterocycles. The van der Waals surface area contributed by atoms with Gasteiger partial charge >= 0.3 is 7.12 Å². The summed E-state index contributed by atoms with van der Waals surface area (Å²) in [5.74, 6) is 0. The van der Waals surface area contributed by atoms with E-state index in [0.717, 1.165) is 0 Å². The van der Waals surface area contributed by atoms with E-state index in [1.807, 2.05) is 0 Å². The Labute approximate surface area is 78.9 Å². The summed E-state index contributed by atoms with van der Waals surface area (Å²) in [5, 5.41) is 9.43. The number of hydrogen-bond acceptors (Lipinski definition) is 2. The molecule has 0 atom stereocenters. The van der Waals surface area contributed by atoms with E-state index >= 15 is 0 Å². The molecule has 0 unspecified atom stereocenters.